The number of ether oxygens (including phenoxy) is 1. The molecule has 47 heavy (non-hydrogen) atoms. The third kappa shape index (κ3) is 6.08. The number of carbonyl (C=O) groups is 3. The number of imidazole rings is 1. The normalized spacial score (nSPS) is 23.1. The summed E-state index contributed by atoms with van der Waals surface area (Å²) >= 11 is 0. The molecular formula is C29H31F6N7O5. The zero-order valence-corrected chi connectivity index (χ0v) is 25.3. The average molecular weight is 672 g/mol. The molecule has 0 radical (unpaired) electrons. The standard InChI is InChI=1S/C29H31F6N7O5/c1-3-18-22(40-47-39-18)25(43)38-20(13-4-6-28(32,33)7-5-13)24-36-21-17(30)8-14(19(31)23(21)37-24)15-9-41(27(45)46-2)10-16(15)26(44)42-11-29(34,35)12-42/h8,13,15-16,20H,3-7,9-12H2,1-2H3,(H,36,37)(H,38,43)/t15-,16-,20-/m0/s1. The van der Waals surface area contributed by atoms with Crippen molar-refractivity contribution in [3.63, 3.8) is 0 Å². The summed E-state index contributed by atoms with van der Waals surface area (Å²) in [7, 11) is 1.10. The molecule has 2 aliphatic heterocycles. The summed E-state index contributed by atoms with van der Waals surface area (Å²) in [6.45, 7) is -0.501. The number of benzene rings is 1. The Morgan fingerprint density at radius 2 is 1.79 bits per heavy atom. The fourth-order valence-electron chi connectivity index (χ4n) is 6.73. The number of methoxy groups -OCH3 is 1. The van der Waals surface area contributed by atoms with Gasteiger partial charge in [0.15, 0.2) is 17.3 Å². The van der Waals surface area contributed by atoms with Gasteiger partial charge in [0.05, 0.1) is 32.2 Å². The molecule has 3 aromatic rings. The van der Waals surface area contributed by atoms with Crippen LogP contribution in [0.15, 0.2) is 10.7 Å². The minimum Gasteiger partial charge on any atom is -0.453 e. The molecule has 3 aliphatic rings. The van der Waals surface area contributed by atoms with Crippen molar-refractivity contribution in [1.29, 1.82) is 0 Å². The number of nitrogens with zero attached hydrogens (tertiary/aromatic N) is 5. The number of fused-ring (bicyclic) bond motifs is 1. The molecule has 1 aromatic carbocycles. The van der Waals surface area contributed by atoms with E-state index in [1.54, 1.807) is 6.92 Å². The largest absolute Gasteiger partial charge is 0.453 e. The molecule has 2 saturated heterocycles. The van der Waals surface area contributed by atoms with Gasteiger partial charge in [-0.1, -0.05) is 12.1 Å². The van der Waals surface area contributed by atoms with Crippen molar-refractivity contribution in [2.75, 3.05) is 33.3 Å². The first kappa shape index (κ1) is 32.6. The van der Waals surface area contributed by atoms with Gasteiger partial charge < -0.3 is 24.8 Å². The summed E-state index contributed by atoms with van der Waals surface area (Å²) in [6.07, 6.45) is -1.55. The smallest absolute Gasteiger partial charge is 0.409 e. The first-order valence-electron chi connectivity index (χ1n) is 15.1. The van der Waals surface area contributed by atoms with E-state index in [0.29, 0.717) is 6.42 Å². The maximum Gasteiger partial charge on any atom is 0.409 e. The molecule has 0 spiro atoms. The molecule has 18 heteroatoms. The molecular weight excluding hydrogens is 640 g/mol. The number of carbonyl (C=O) groups excluding carboxylic acids is 3. The molecule has 1 saturated carbocycles. The summed E-state index contributed by atoms with van der Waals surface area (Å²) < 4.78 is 96.7. The minimum absolute atomic E-state index is 0.0340. The Labute approximate surface area is 263 Å². The van der Waals surface area contributed by atoms with Crippen molar-refractivity contribution in [2.24, 2.45) is 11.8 Å². The number of amides is 3. The van der Waals surface area contributed by atoms with E-state index in [4.69, 9.17) is 4.74 Å². The Morgan fingerprint density at radius 1 is 1.09 bits per heavy atom. The second kappa shape index (κ2) is 12.0. The second-order valence-corrected chi connectivity index (χ2v) is 12.3. The van der Waals surface area contributed by atoms with E-state index in [1.807, 2.05) is 0 Å². The lowest BCUT2D eigenvalue weighted by Gasteiger charge is -2.40. The first-order valence-corrected chi connectivity index (χ1v) is 15.1. The Bertz CT molecular complexity index is 1700. The van der Waals surface area contributed by atoms with Gasteiger partial charge >= 0.3 is 6.09 Å². The number of hydrogen-bond acceptors (Lipinski definition) is 8. The number of H-pyrrole nitrogens is 1. The van der Waals surface area contributed by atoms with Crippen LogP contribution in [0.2, 0.25) is 0 Å². The van der Waals surface area contributed by atoms with Crippen LogP contribution in [0, 0.1) is 23.5 Å². The number of aromatic nitrogens is 4. The van der Waals surface area contributed by atoms with Crippen molar-refractivity contribution in [1.82, 2.24) is 35.4 Å². The van der Waals surface area contributed by atoms with E-state index < -0.39 is 102 Å². The van der Waals surface area contributed by atoms with Crippen LogP contribution in [-0.2, 0) is 16.0 Å². The van der Waals surface area contributed by atoms with Gasteiger partial charge in [-0.25, -0.2) is 40.8 Å². The van der Waals surface area contributed by atoms with Gasteiger partial charge in [-0.3, -0.25) is 9.59 Å². The fourth-order valence-corrected chi connectivity index (χ4v) is 6.73. The molecule has 6 rings (SSSR count). The Morgan fingerprint density at radius 3 is 2.43 bits per heavy atom. The lowest BCUT2D eigenvalue weighted by molar-refractivity contribution is -0.169. The highest BCUT2D eigenvalue weighted by Crippen LogP contribution is 2.43. The van der Waals surface area contributed by atoms with Crippen molar-refractivity contribution < 1.29 is 50.1 Å². The Kier molecular flexibility index (Phi) is 8.32. The van der Waals surface area contributed by atoms with Gasteiger partial charge in [0, 0.05) is 31.8 Å². The Hall–Kier alpha value is -4.38. The highest BCUT2D eigenvalue weighted by molar-refractivity contribution is 5.93. The second-order valence-electron chi connectivity index (χ2n) is 12.3. The monoisotopic (exact) mass is 671 g/mol. The SMILES string of the molecule is CCc1nonc1C(=O)N[C@H](c1nc2c(F)cc([C@@H]3CN(C(=O)OC)C[C@@H]3C(=O)N3CC(F)(F)C3)c(F)c2[nH]1)C1CCC(F)(F)CC1. The highest BCUT2D eigenvalue weighted by Gasteiger charge is 2.51. The quantitative estimate of drug-likeness (QED) is 0.353. The number of likely N-dealkylation sites (tertiary alicyclic amines) is 2. The highest BCUT2D eigenvalue weighted by atomic mass is 19.3. The maximum absolute atomic E-state index is 16.3. The number of nitrogens with one attached hydrogen (secondary N) is 2. The van der Waals surface area contributed by atoms with E-state index in [2.05, 4.69) is 30.2 Å². The van der Waals surface area contributed by atoms with E-state index in [0.717, 1.165) is 23.0 Å². The number of rotatable bonds is 7. The van der Waals surface area contributed by atoms with Gasteiger partial charge in [-0.2, -0.15) is 0 Å². The van der Waals surface area contributed by atoms with Gasteiger partial charge in [0.1, 0.15) is 22.6 Å². The van der Waals surface area contributed by atoms with Gasteiger partial charge in [-0.05, 0) is 42.0 Å². The summed E-state index contributed by atoms with van der Waals surface area (Å²) in [4.78, 5) is 47.8. The number of aryl methyl sites for hydroxylation is 1. The number of hydrogen-bond donors (Lipinski definition) is 2. The molecule has 1 aliphatic carbocycles. The van der Waals surface area contributed by atoms with E-state index >= 15 is 8.78 Å². The summed E-state index contributed by atoms with van der Waals surface area (Å²) in [5, 5.41) is 10.0. The van der Waals surface area contributed by atoms with Crippen LogP contribution in [0.4, 0.5) is 31.1 Å². The van der Waals surface area contributed by atoms with Gasteiger partial charge in [-0.15, -0.1) is 0 Å². The third-order valence-electron chi connectivity index (χ3n) is 9.25. The summed E-state index contributed by atoms with van der Waals surface area (Å²) in [5.74, 6) is -12.5. The molecule has 254 valence electrons. The van der Waals surface area contributed by atoms with Crippen molar-refractivity contribution in [3.8, 4) is 0 Å². The summed E-state index contributed by atoms with van der Waals surface area (Å²) in [5.41, 5.74) is -1.08. The van der Waals surface area contributed by atoms with Crippen LogP contribution < -0.4 is 5.32 Å². The van der Waals surface area contributed by atoms with Crippen LogP contribution in [-0.4, -0.2) is 93.1 Å². The average Bonchev–Trinajstić information content (AvgIpc) is 3.78. The van der Waals surface area contributed by atoms with Crippen LogP contribution in [0.25, 0.3) is 11.0 Å². The molecule has 0 unspecified atom stereocenters. The fraction of sp³-hybridized carbons (Fsp3) is 0.586. The molecule has 3 amide bonds. The number of aromatic amines is 1. The van der Waals surface area contributed by atoms with Crippen LogP contribution in [0.3, 0.4) is 0 Å². The minimum atomic E-state index is -3.07. The number of halogens is 6. The van der Waals surface area contributed by atoms with Crippen LogP contribution in [0.1, 0.15) is 72.1 Å². The Balaban J connectivity index is 1.36. The van der Waals surface area contributed by atoms with Crippen LogP contribution >= 0.6 is 0 Å². The third-order valence-corrected chi connectivity index (χ3v) is 9.25. The van der Waals surface area contributed by atoms with Gasteiger partial charge in [0.25, 0.3) is 11.8 Å². The van der Waals surface area contributed by atoms with E-state index in [1.165, 1.54) is 0 Å². The molecule has 2 N–H and O–H groups in total. The van der Waals surface area contributed by atoms with Crippen molar-refractivity contribution in [3.05, 3.63) is 40.5 Å². The van der Waals surface area contributed by atoms with Crippen molar-refractivity contribution in [2.45, 2.75) is 62.8 Å². The lowest BCUT2D eigenvalue weighted by atomic mass is 9.81. The summed E-state index contributed by atoms with van der Waals surface area (Å²) in [6, 6.07) is -0.263. The zero-order chi connectivity index (χ0) is 33.8. The first-order chi connectivity index (χ1) is 22.2. The molecule has 3 atom stereocenters. The molecule has 0 bridgehead atoms. The predicted octanol–water partition coefficient (Wildman–Crippen LogP) is 4.34. The molecule has 4 heterocycles. The van der Waals surface area contributed by atoms with Crippen molar-refractivity contribution >= 4 is 28.9 Å². The number of alkyl halides is 4. The van der Waals surface area contributed by atoms with E-state index in [-0.39, 0.29) is 48.7 Å². The molecule has 12 nitrogen and oxygen atoms in total. The molecule has 2 aromatic heterocycles. The van der Waals surface area contributed by atoms with Crippen LogP contribution in [0.5, 0.6) is 0 Å². The topological polar surface area (TPSA) is 147 Å². The predicted molar refractivity (Wildman–Crippen MR) is 149 cm³/mol. The van der Waals surface area contributed by atoms with E-state index in [9.17, 15) is 31.9 Å². The lowest BCUT2D eigenvalue weighted by Crippen LogP contribution is -2.60. The maximum atomic E-state index is 16.3. The van der Waals surface area contributed by atoms with Gasteiger partial charge in [0.2, 0.25) is 11.8 Å². The zero-order valence-electron chi connectivity index (χ0n) is 25.3. The molecule has 3 fully saturated rings.